The van der Waals surface area contributed by atoms with Crippen molar-refractivity contribution in [3.05, 3.63) is 241 Å². The van der Waals surface area contributed by atoms with Crippen LogP contribution in [0.5, 0.6) is 0 Å². The number of hydrogen-bond acceptors (Lipinski definition) is 3. The molecule has 0 saturated carbocycles. The van der Waals surface area contributed by atoms with Crippen LogP contribution in [-0.4, -0.2) is 12.0 Å². The van der Waals surface area contributed by atoms with Gasteiger partial charge in [0.25, 0.3) is 0 Å². The van der Waals surface area contributed by atoms with E-state index in [0.717, 1.165) is 12.8 Å². The predicted molar refractivity (Wildman–Crippen MR) is 327 cm³/mol. The average molecular weight is 1020 g/mol. The fourth-order valence-corrected chi connectivity index (χ4v) is 20.6. The highest BCUT2D eigenvalue weighted by Crippen LogP contribution is 2.73. The molecule has 4 heterocycles. The Balaban J connectivity index is 1.10. The summed E-state index contributed by atoms with van der Waals surface area (Å²) in [6.07, 6.45) is 20.5. The van der Waals surface area contributed by atoms with Gasteiger partial charge in [0.15, 0.2) is 12.8 Å². The van der Waals surface area contributed by atoms with E-state index in [0.29, 0.717) is 11.8 Å². The first-order valence-electron chi connectivity index (χ1n) is 28.1. The Labute approximate surface area is 454 Å². The monoisotopic (exact) mass is 1020 g/mol. The third kappa shape index (κ3) is 5.88. The van der Waals surface area contributed by atoms with E-state index in [9.17, 15) is 0 Å². The van der Waals surface area contributed by atoms with Crippen LogP contribution in [0.1, 0.15) is 83.6 Å². The van der Waals surface area contributed by atoms with Gasteiger partial charge in [0.05, 0.1) is 21.7 Å². The van der Waals surface area contributed by atoms with Gasteiger partial charge in [0, 0.05) is 55.4 Å². The molecule has 6 atom stereocenters. The largest absolute Gasteiger partial charge is 0.313 e. The Hall–Kier alpha value is -6.71. The average Bonchev–Trinajstić information content (AvgIpc) is 3.72. The van der Waals surface area contributed by atoms with Crippen molar-refractivity contribution in [3.63, 3.8) is 0 Å². The summed E-state index contributed by atoms with van der Waals surface area (Å²) in [6.45, 7) is 19.3. The van der Waals surface area contributed by atoms with Gasteiger partial charge < -0.3 is 9.80 Å². The van der Waals surface area contributed by atoms with E-state index in [4.69, 9.17) is 0 Å². The van der Waals surface area contributed by atoms with Gasteiger partial charge in [-0.3, -0.25) is 0 Å². The standard InChI is InChI=1S/C71H63BN2PS/c1-41-37-56-63-57(38-41)74(46-35-31-44(32-36-46)70(6,7)8)66-65-59(39-52-50-24-14-17-28-60(50)76-68(52)66)75(47-20-10-9-11-21-47)67-61-51-25-18-19-42(2)62(51)71(53-26-15-12-22-48(53)49-23-13-16-27-54(49)71)55(61)40-58(64(67)72(63)65)73(56)45-33-29-43(30-34-45)69(3,4)5/h9-18,20-31,33-40,42,44,55,61,65H,19,32H2,1-8H3/q+1. The van der Waals surface area contributed by atoms with Gasteiger partial charge in [0.1, 0.15) is 10.6 Å². The van der Waals surface area contributed by atoms with Crippen LogP contribution in [-0.2, 0) is 10.8 Å². The normalized spacial score (nSPS) is 24.3. The molecule has 5 heteroatoms. The Morgan fingerprint density at radius 1 is 0.737 bits per heavy atom. The quantitative estimate of drug-likeness (QED) is 0.129. The van der Waals surface area contributed by atoms with Crippen LogP contribution in [0.25, 0.3) is 33.0 Å². The molecule has 6 unspecified atom stereocenters. The number of allylic oxidation sites excluding steroid dienone is 10. The fraction of sp³-hybridized carbons (Fsp3) is 0.254. The Bertz CT molecular complexity index is 4100. The van der Waals surface area contributed by atoms with E-state index < -0.39 is 7.55 Å². The third-order valence-corrected chi connectivity index (χ3v) is 23.3. The van der Waals surface area contributed by atoms with Crippen molar-refractivity contribution < 1.29 is 0 Å². The van der Waals surface area contributed by atoms with Crippen molar-refractivity contribution in [1.82, 2.24) is 0 Å². The molecule has 0 bridgehead atoms. The lowest BCUT2D eigenvalue weighted by molar-refractivity contribution is 0.293. The number of rotatable bonds is 3. The molecule has 7 aromatic rings. The summed E-state index contributed by atoms with van der Waals surface area (Å²) < 4.78 is 2.81. The maximum Gasteiger partial charge on any atom is 0.241 e. The summed E-state index contributed by atoms with van der Waals surface area (Å²) in [4.78, 5) is 5.58. The minimum atomic E-state index is -1.05. The topological polar surface area (TPSA) is 6.48 Å². The van der Waals surface area contributed by atoms with Crippen LogP contribution in [0.15, 0.2) is 209 Å². The van der Waals surface area contributed by atoms with E-state index in [1.165, 1.54) is 98.1 Å². The molecule has 0 radical (unpaired) electrons. The van der Waals surface area contributed by atoms with Gasteiger partial charge in [-0.15, -0.1) is 11.3 Å². The van der Waals surface area contributed by atoms with E-state index in [1.54, 1.807) is 27.2 Å². The number of hydrogen-bond donors (Lipinski definition) is 0. The zero-order chi connectivity index (χ0) is 51.3. The van der Waals surface area contributed by atoms with Crippen LogP contribution >= 0.6 is 18.9 Å². The van der Waals surface area contributed by atoms with Crippen LogP contribution in [0.2, 0.25) is 5.82 Å². The molecule has 9 aliphatic rings. The third-order valence-electron chi connectivity index (χ3n) is 19.3. The lowest BCUT2D eigenvalue weighted by Gasteiger charge is -2.53. The van der Waals surface area contributed by atoms with Crippen LogP contribution in [0.3, 0.4) is 0 Å². The van der Waals surface area contributed by atoms with Crippen LogP contribution in [0.4, 0.5) is 17.1 Å². The minimum absolute atomic E-state index is 0.0273. The van der Waals surface area contributed by atoms with Crippen molar-refractivity contribution in [1.29, 1.82) is 0 Å². The highest BCUT2D eigenvalue weighted by Gasteiger charge is 2.68. The Kier molecular flexibility index (Phi) is 9.40. The van der Waals surface area contributed by atoms with Gasteiger partial charge in [-0.25, -0.2) is 0 Å². The molecule has 6 aromatic carbocycles. The first-order valence-corrected chi connectivity index (χ1v) is 30.2. The molecule has 1 aromatic heterocycles. The SMILES string of the molecule is Cc1cc2c3c(c1)N(c1ccc(C(C)(C)C)cc1)C1=CC4C(C5=C(C(C)CC=C5)C45c4ccccc4-c4ccccc45)C4=C1B3C1C(=c3sc5ccccc5c3=CC1=[P+]4c1ccccc1)N2C1=CCC(C(C)(C)C)C=C1. The molecule has 370 valence electrons. The van der Waals surface area contributed by atoms with E-state index in [1.807, 2.05) is 11.3 Å². The molecular formula is C71H63BN2PS+. The number of aryl methyl sites for hydroxylation is 1. The Morgan fingerprint density at radius 2 is 1.42 bits per heavy atom. The van der Waals surface area contributed by atoms with Crippen molar-refractivity contribution in [2.75, 3.05) is 9.80 Å². The predicted octanol–water partition coefficient (Wildman–Crippen LogP) is 15.4. The van der Waals surface area contributed by atoms with E-state index >= 15 is 0 Å². The lowest BCUT2D eigenvalue weighted by Crippen LogP contribution is -2.60. The summed E-state index contributed by atoms with van der Waals surface area (Å²) in [5, 5.41) is 7.57. The van der Waals surface area contributed by atoms with Gasteiger partial charge in [0.2, 0.25) is 6.71 Å². The molecular weight excluding hydrogens is 955 g/mol. The van der Waals surface area contributed by atoms with Crippen LogP contribution in [0, 0.1) is 36.0 Å². The molecule has 0 saturated heterocycles. The summed E-state index contributed by atoms with van der Waals surface area (Å²) >= 11 is 2.02. The minimum Gasteiger partial charge on any atom is -0.313 e. The second kappa shape index (κ2) is 15.7. The van der Waals surface area contributed by atoms with E-state index in [-0.39, 0.29) is 40.6 Å². The van der Waals surface area contributed by atoms with Crippen molar-refractivity contribution in [2.24, 2.45) is 29.1 Å². The number of fused-ring (bicyclic) bond motifs is 13. The smallest absolute Gasteiger partial charge is 0.241 e. The zero-order valence-electron chi connectivity index (χ0n) is 44.9. The summed E-state index contributed by atoms with van der Waals surface area (Å²) in [5.74, 6) is 1.32. The maximum absolute atomic E-state index is 2.88. The van der Waals surface area contributed by atoms with E-state index in [2.05, 4.69) is 247 Å². The van der Waals surface area contributed by atoms with Gasteiger partial charge >= 0.3 is 0 Å². The van der Waals surface area contributed by atoms with Crippen molar-refractivity contribution in [3.8, 4) is 11.1 Å². The van der Waals surface area contributed by atoms with Crippen LogP contribution < -0.4 is 30.3 Å². The lowest BCUT2D eigenvalue weighted by atomic mass is 9.27. The van der Waals surface area contributed by atoms with Crippen molar-refractivity contribution >= 4 is 80.6 Å². The molecule has 0 N–H and O–H groups in total. The molecule has 6 aliphatic carbocycles. The number of anilines is 3. The van der Waals surface area contributed by atoms with Gasteiger partial charge in [-0.1, -0.05) is 176 Å². The van der Waals surface area contributed by atoms with Gasteiger partial charge in [-0.2, -0.15) is 0 Å². The maximum atomic E-state index is 2.88. The fourth-order valence-electron chi connectivity index (χ4n) is 16.2. The highest BCUT2D eigenvalue weighted by molar-refractivity contribution is 7.72. The number of thiophene rings is 1. The first-order chi connectivity index (χ1) is 36.8. The molecule has 16 rings (SSSR count). The molecule has 0 fully saturated rings. The second-order valence-corrected chi connectivity index (χ2v) is 28.7. The molecule has 76 heavy (non-hydrogen) atoms. The second-order valence-electron chi connectivity index (χ2n) is 25.5. The molecule has 0 amide bonds. The summed E-state index contributed by atoms with van der Waals surface area (Å²) in [6, 6.07) is 55.2. The highest BCUT2D eigenvalue weighted by atomic mass is 32.1. The summed E-state index contributed by atoms with van der Waals surface area (Å²) in [5.41, 5.74) is 22.8. The van der Waals surface area contributed by atoms with Crippen molar-refractivity contribution in [2.45, 2.75) is 84.9 Å². The Morgan fingerprint density at radius 3 is 2.12 bits per heavy atom. The molecule has 2 nitrogen and oxygen atoms in total. The molecule has 1 spiro atoms. The zero-order valence-corrected chi connectivity index (χ0v) is 46.7. The molecule has 3 aliphatic heterocycles. The number of nitrogens with zero attached hydrogens (tertiary/aromatic N) is 2. The number of benzene rings is 6. The summed E-state index contributed by atoms with van der Waals surface area (Å²) in [7, 11) is -1.05. The first kappa shape index (κ1) is 45.5. The van der Waals surface area contributed by atoms with Gasteiger partial charge in [-0.05, 0) is 153 Å².